The highest BCUT2D eigenvalue weighted by Crippen LogP contribution is 2.16. The summed E-state index contributed by atoms with van der Waals surface area (Å²) >= 11 is 0. The van der Waals surface area contributed by atoms with Gasteiger partial charge in [0.05, 0.1) is 16.6 Å². The van der Waals surface area contributed by atoms with Gasteiger partial charge in [-0.3, -0.25) is 0 Å². The predicted molar refractivity (Wildman–Crippen MR) is 112 cm³/mol. The first-order valence-electron chi connectivity index (χ1n) is 9.26. The number of nitrogens with one attached hydrogen (secondary N) is 2. The average molecular weight is 413 g/mol. The number of rotatable bonds is 7. The SMILES string of the molecule is CC(NC(=O)NCCc1ccc(-n2cccn2)cc1)c1ccc(S(C)(=O)=O)cc1. The lowest BCUT2D eigenvalue weighted by Crippen LogP contribution is -2.38. The number of nitrogens with zero attached hydrogens (tertiary/aromatic N) is 2. The molecule has 1 heterocycles. The van der Waals surface area contributed by atoms with E-state index in [0.717, 1.165) is 16.8 Å². The lowest BCUT2D eigenvalue weighted by Gasteiger charge is -2.15. The number of aromatic nitrogens is 2. The van der Waals surface area contributed by atoms with Crippen LogP contribution in [0.4, 0.5) is 4.79 Å². The fourth-order valence-corrected chi connectivity index (χ4v) is 3.52. The molecule has 0 radical (unpaired) electrons. The van der Waals surface area contributed by atoms with Gasteiger partial charge in [-0.2, -0.15) is 5.10 Å². The normalized spacial score (nSPS) is 12.3. The molecule has 0 fully saturated rings. The van der Waals surface area contributed by atoms with Crippen LogP contribution in [-0.4, -0.2) is 37.0 Å². The monoisotopic (exact) mass is 412 g/mol. The third kappa shape index (κ3) is 5.68. The van der Waals surface area contributed by atoms with E-state index in [1.165, 1.54) is 6.26 Å². The molecular formula is C21H24N4O3S. The van der Waals surface area contributed by atoms with Crippen molar-refractivity contribution in [2.45, 2.75) is 24.3 Å². The highest BCUT2D eigenvalue weighted by atomic mass is 32.2. The summed E-state index contributed by atoms with van der Waals surface area (Å²) < 4.78 is 24.8. The van der Waals surface area contributed by atoms with Gasteiger partial charge >= 0.3 is 6.03 Å². The van der Waals surface area contributed by atoms with E-state index in [9.17, 15) is 13.2 Å². The van der Waals surface area contributed by atoms with Crippen LogP contribution in [0.25, 0.3) is 5.69 Å². The summed E-state index contributed by atoms with van der Waals surface area (Å²) in [6.45, 7) is 2.36. The van der Waals surface area contributed by atoms with E-state index in [4.69, 9.17) is 0 Å². The van der Waals surface area contributed by atoms with Gasteiger partial charge in [-0.1, -0.05) is 24.3 Å². The van der Waals surface area contributed by atoms with Crippen LogP contribution < -0.4 is 10.6 Å². The van der Waals surface area contributed by atoms with Gasteiger partial charge in [0.1, 0.15) is 0 Å². The van der Waals surface area contributed by atoms with Gasteiger partial charge in [0.15, 0.2) is 9.84 Å². The summed E-state index contributed by atoms with van der Waals surface area (Å²) in [7, 11) is -3.23. The smallest absolute Gasteiger partial charge is 0.315 e. The van der Waals surface area contributed by atoms with Gasteiger partial charge in [-0.15, -0.1) is 0 Å². The molecule has 0 aliphatic carbocycles. The second-order valence-corrected chi connectivity index (χ2v) is 8.85. The summed E-state index contributed by atoms with van der Waals surface area (Å²) in [5.41, 5.74) is 2.94. The molecule has 0 bridgehead atoms. The quantitative estimate of drug-likeness (QED) is 0.624. The molecule has 2 aromatic carbocycles. The maximum Gasteiger partial charge on any atom is 0.315 e. The molecular weight excluding hydrogens is 388 g/mol. The Morgan fingerprint density at radius 2 is 1.79 bits per heavy atom. The number of hydrogen-bond acceptors (Lipinski definition) is 4. The first kappa shape index (κ1) is 20.6. The molecule has 8 heteroatoms. The molecule has 2 amide bonds. The number of carbonyl (C=O) groups is 1. The van der Waals surface area contributed by atoms with Crippen molar-refractivity contribution in [2.24, 2.45) is 0 Å². The van der Waals surface area contributed by atoms with Crippen molar-refractivity contribution in [1.29, 1.82) is 0 Å². The zero-order chi connectivity index (χ0) is 20.9. The number of hydrogen-bond donors (Lipinski definition) is 2. The van der Waals surface area contributed by atoms with Gasteiger partial charge < -0.3 is 10.6 Å². The van der Waals surface area contributed by atoms with E-state index in [2.05, 4.69) is 15.7 Å². The molecule has 29 heavy (non-hydrogen) atoms. The fraction of sp³-hybridized carbons (Fsp3) is 0.238. The second kappa shape index (κ2) is 8.91. The lowest BCUT2D eigenvalue weighted by molar-refractivity contribution is 0.238. The van der Waals surface area contributed by atoms with Crippen molar-refractivity contribution in [3.8, 4) is 5.69 Å². The Hall–Kier alpha value is -3.13. The van der Waals surface area contributed by atoms with E-state index < -0.39 is 9.84 Å². The van der Waals surface area contributed by atoms with Crippen LogP contribution in [-0.2, 0) is 16.3 Å². The standard InChI is InChI=1S/C21H24N4O3S/c1-16(18-6-10-20(11-7-18)29(2,27)28)24-21(26)22-14-12-17-4-8-19(9-5-17)25-15-3-13-23-25/h3-11,13,15-16H,12,14H2,1-2H3,(H2,22,24,26). The molecule has 0 spiro atoms. The van der Waals surface area contributed by atoms with E-state index in [0.29, 0.717) is 13.0 Å². The third-order valence-corrected chi connectivity index (χ3v) is 5.69. The zero-order valence-corrected chi connectivity index (χ0v) is 17.2. The molecule has 0 aliphatic heterocycles. The molecule has 2 N–H and O–H groups in total. The van der Waals surface area contributed by atoms with E-state index in [-0.39, 0.29) is 17.0 Å². The van der Waals surface area contributed by atoms with Crippen LogP contribution in [0.3, 0.4) is 0 Å². The highest BCUT2D eigenvalue weighted by Gasteiger charge is 2.11. The molecule has 1 atom stereocenters. The first-order chi connectivity index (χ1) is 13.8. The molecule has 1 aromatic heterocycles. The van der Waals surface area contributed by atoms with Gasteiger partial charge in [0.25, 0.3) is 0 Å². The van der Waals surface area contributed by atoms with Crippen molar-refractivity contribution in [3.05, 3.63) is 78.1 Å². The predicted octanol–water partition coefficient (Wildman–Crippen LogP) is 2.88. The van der Waals surface area contributed by atoms with Crippen molar-refractivity contribution < 1.29 is 13.2 Å². The van der Waals surface area contributed by atoms with Crippen molar-refractivity contribution in [3.63, 3.8) is 0 Å². The molecule has 7 nitrogen and oxygen atoms in total. The average Bonchev–Trinajstić information content (AvgIpc) is 3.23. The lowest BCUT2D eigenvalue weighted by atomic mass is 10.1. The van der Waals surface area contributed by atoms with Gasteiger partial charge in [0.2, 0.25) is 0 Å². The maximum absolute atomic E-state index is 12.1. The maximum atomic E-state index is 12.1. The number of sulfone groups is 1. The first-order valence-corrected chi connectivity index (χ1v) is 11.2. The number of carbonyl (C=O) groups excluding carboxylic acids is 1. The molecule has 3 rings (SSSR count). The fourth-order valence-electron chi connectivity index (χ4n) is 2.89. The molecule has 0 saturated carbocycles. The summed E-state index contributed by atoms with van der Waals surface area (Å²) in [5.74, 6) is 0. The molecule has 1 unspecified atom stereocenters. The van der Waals surface area contributed by atoms with Crippen molar-refractivity contribution in [1.82, 2.24) is 20.4 Å². The van der Waals surface area contributed by atoms with Crippen LogP contribution in [0.5, 0.6) is 0 Å². The molecule has 0 aliphatic rings. The highest BCUT2D eigenvalue weighted by molar-refractivity contribution is 7.90. The van der Waals surface area contributed by atoms with Crippen LogP contribution >= 0.6 is 0 Å². The summed E-state index contributed by atoms with van der Waals surface area (Å²) in [6, 6.07) is 15.9. The minimum atomic E-state index is -3.23. The second-order valence-electron chi connectivity index (χ2n) is 6.83. The zero-order valence-electron chi connectivity index (χ0n) is 16.4. The number of amides is 2. The Labute approximate surface area is 170 Å². The Bertz CT molecular complexity index is 1040. The van der Waals surface area contributed by atoms with Crippen molar-refractivity contribution in [2.75, 3.05) is 12.8 Å². The van der Waals surface area contributed by atoms with Crippen LogP contribution in [0, 0.1) is 0 Å². The Balaban J connectivity index is 1.46. The molecule has 3 aromatic rings. The van der Waals surface area contributed by atoms with Crippen LogP contribution in [0.1, 0.15) is 24.1 Å². The van der Waals surface area contributed by atoms with Crippen molar-refractivity contribution >= 4 is 15.9 Å². The summed E-state index contributed by atoms with van der Waals surface area (Å²) in [5, 5.41) is 9.90. The minimum absolute atomic E-state index is 0.239. The van der Waals surface area contributed by atoms with Gasteiger partial charge in [0, 0.05) is 25.2 Å². The molecule has 0 saturated heterocycles. The topological polar surface area (TPSA) is 93.1 Å². The Morgan fingerprint density at radius 1 is 1.10 bits per heavy atom. The van der Waals surface area contributed by atoms with Gasteiger partial charge in [-0.25, -0.2) is 17.9 Å². The number of benzene rings is 2. The molecule has 152 valence electrons. The largest absolute Gasteiger partial charge is 0.338 e. The third-order valence-electron chi connectivity index (χ3n) is 4.56. The van der Waals surface area contributed by atoms with Crippen LogP contribution in [0.15, 0.2) is 71.9 Å². The van der Waals surface area contributed by atoms with E-state index in [1.807, 2.05) is 43.5 Å². The Morgan fingerprint density at radius 3 is 2.38 bits per heavy atom. The van der Waals surface area contributed by atoms with E-state index >= 15 is 0 Å². The van der Waals surface area contributed by atoms with E-state index in [1.54, 1.807) is 35.1 Å². The summed E-state index contributed by atoms with van der Waals surface area (Å²) in [6.07, 6.45) is 5.50. The number of urea groups is 1. The Kier molecular flexibility index (Phi) is 6.33. The van der Waals surface area contributed by atoms with Gasteiger partial charge in [-0.05, 0) is 54.8 Å². The van der Waals surface area contributed by atoms with Crippen LogP contribution in [0.2, 0.25) is 0 Å². The summed E-state index contributed by atoms with van der Waals surface area (Å²) in [4.78, 5) is 12.4. The minimum Gasteiger partial charge on any atom is -0.338 e.